The highest BCUT2D eigenvalue weighted by molar-refractivity contribution is 7.81. The van der Waals surface area contributed by atoms with Gasteiger partial charge in [0.1, 0.15) is 22.3 Å². The van der Waals surface area contributed by atoms with E-state index in [0.29, 0.717) is 18.7 Å². The number of likely N-dealkylation sites (N-methyl/N-ethyl adjacent to an activating group) is 1. The second kappa shape index (κ2) is 13.4. The molecule has 1 aromatic heterocycles. The topological polar surface area (TPSA) is 115 Å². The van der Waals surface area contributed by atoms with Gasteiger partial charge in [0, 0.05) is 19.2 Å². The number of halogens is 4. The number of anilines is 4. The van der Waals surface area contributed by atoms with Crippen LogP contribution in [-0.2, 0) is 23.5 Å². The van der Waals surface area contributed by atoms with E-state index in [9.17, 15) is 21.1 Å². The lowest BCUT2D eigenvalue weighted by molar-refractivity contribution is -0.0494. The monoisotopic (exact) mass is 639 g/mol. The third kappa shape index (κ3) is 8.68. The number of aromatic nitrogens is 2. The minimum atomic E-state index is -5.24. The molecule has 2 heterocycles. The smallest absolute Gasteiger partial charge is 0.472 e. The predicted octanol–water partition coefficient (Wildman–Crippen LogP) is 5.89. The van der Waals surface area contributed by atoms with Crippen molar-refractivity contribution in [2.45, 2.75) is 19.6 Å². The van der Waals surface area contributed by atoms with Crippen LogP contribution in [0, 0.1) is 0 Å². The van der Waals surface area contributed by atoms with Gasteiger partial charge < -0.3 is 29.0 Å². The number of nitrogens with one attached hydrogen (secondary N) is 2. The summed E-state index contributed by atoms with van der Waals surface area (Å²) in [6.07, 6.45) is 2.00. The molecule has 4 rings (SSSR count). The van der Waals surface area contributed by atoms with Crippen LogP contribution in [0.25, 0.3) is 0 Å². The lowest BCUT2D eigenvalue weighted by atomic mass is 9.99. The van der Waals surface area contributed by atoms with E-state index in [1.807, 2.05) is 7.05 Å². The second-order valence-electron chi connectivity index (χ2n) is 8.66. The Bertz CT molecular complexity index is 1470. The molecule has 0 spiro atoms. The van der Waals surface area contributed by atoms with E-state index in [1.54, 1.807) is 25.5 Å². The van der Waals surface area contributed by atoms with E-state index >= 15 is 0 Å². The second-order valence-corrected chi connectivity index (χ2v) is 11.8. The van der Waals surface area contributed by atoms with E-state index in [2.05, 4.69) is 29.7 Å². The minimum Gasteiger partial charge on any atom is -0.472 e. The first kappa shape index (κ1) is 31.9. The lowest BCUT2D eigenvalue weighted by Gasteiger charge is -2.26. The molecule has 0 saturated heterocycles. The van der Waals surface area contributed by atoms with Gasteiger partial charge in [-0.3, -0.25) is 0 Å². The molecule has 0 fully saturated rings. The third-order valence-corrected chi connectivity index (χ3v) is 6.62. The van der Waals surface area contributed by atoms with Crippen LogP contribution in [0.2, 0.25) is 5.02 Å². The summed E-state index contributed by atoms with van der Waals surface area (Å²) in [4.78, 5) is 10.6. The van der Waals surface area contributed by atoms with Crippen molar-refractivity contribution >= 4 is 63.3 Å². The molecule has 0 amide bonds. The van der Waals surface area contributed by atoms with Crippen molar-refractivity contribution in [2.24, 2.45) is 0 Å². The Labute approximate surface area is 239 Å². The van der Waals surface area contributed by atoms with E-state index in [4.69, 9.17) is 20.9 Å². The summed E-state index contributed by atoms with van der Waals surface area (Å²) < 4.78 is 75.9. The molecule has 10 nitrogen and oxygen atoms in total. The summed E-state index contributed by atoms with van der Waals surface area (Å²) in [5, 5.41) is 6.01. The van der Waals surface area contributed by atoms with Gasteiger partial charge in [0.05, 0.1) is 25.7 Å². The van der Waals surface area contributed by atoms with Crippen LogP contribution in [0.5, 0.6) is 17.2 Å². The van der Waals surface area contributed by atoms with Crippen molar-refractivity contribution in [3.8, 4) is 17.2 Å². The van der Waals surface area contributed by atoms with E-state index in [-0.39, 0.29) is 49.6 Å². The summed E-state index contributed by atoms with van der Waals surface area (Å²) in [5.74, 6) is -0.0334. The number of hydrogen-bond donors (Lipinski definition) is 2. The summed E-state index contributed by atoms with van der Waals surface area (Å²) in [6, 6.07) is 7.13. The average molecular weight is 640 g/mol. The van der Waals surface area contributed by atoms with Gasteiger partial charge in [-0.1, -0.05) is 15.5 Å². The first-order valence-corrected chi connectivity index (χ1v) is 15.2. The zero-order valence-electron chi connectivity index (χ0n) is 21.6. The molecule has 1 aliphatic heterocycles. The highest BCUT2D eigenvalue weighted by Gasteiger charge is 2.20. The molecule has 2 aromatic carbocycles. The summed E-state index contributed by atoms with van der Waals surface area (Å²) >= 11 is 6.30. The van der Waals surface area contributed by atoms with Crippen LogP contribution in [0.3, 0.4) is 0 Å². The molecule has 2 N–H and O–H groups in total. The van der Waals surface area contributed by atoms with Gasteiger partial charge in [-0.15, -0.1) is 0 Å². The maximum atomic E-state index is 13.1. The van der Waals surface area contributed by atoms with Gasteiger partial charge in [-0.05, 0) is 62.2 Å². The van der Waals surface area contributed by atoms with Crippen molar-refractivity contribution in [1.82, 2.24) is 14.9 Å². The van der Waals surface area contributed by atoms with E-state index in [1.165, 1.54) is 24.4 Å². The summed E-state index contributed by atoms with van der Waals surface area (Å²) in [7, 11) is -4.25. The fourth-order valence-corrected chi connectivity index (χ4v) is 4.84. The Morgan fingerprint density at radius 2 is 1.85 bits per heavy atom. The van der Waals surface area contributed by atoms with Crippen molar-refractivity contribution in [1.29, 1.82) is 0 Å². The number of alkyl halides is 2. The van der Waals surface area contributed by atoms with Crippen molar-refractivity contribution in [3.05, 3.63) is 52.7 Å². The Morgan fingerprint density at radius 1 is 1.10 bits per heavy atom. The molecule has 0 saturated carbocycles. The maximum absolute atomic E-state index is 13.1. The zero-order valence-corrected chi connectivity index (χ0v) is 25.5. The molecule has 0 bridgehead atoms. The lowest BCUT2D eigenvalue weighted by Crippen LogP contribution is -2.26. The Hall–Kier alpha value is -2.63. The fraction of sp³-hybridized carbons (Fsp3) is 0.304. The highest BCUT2D eigenvalue weighted by atomic mass is 35.5. The van der Waals surface area contributed by atoms with Gasteiger partial charge in [-0.25, -0.2) is 4.98 Å². The summed E-state index contributed by atoms with van der Waals surface area (Å²) in [5.41, 5.74) is 2.44. The average Bonchev–Trinajstić information content (AvgIpc) is 2.81. The van der Waals surface area contributed by atoms with Gasteiger partial charge in [-0.2, -0.15) is 32.1 Å². The fourth-order valence-electron chi connectivity index (χ4n) is 3.83. The molecular formula is C23H27ClF3N5O5P2S. The van der Waals surface area contributed by atoms with E-state index < -0.39 is 25.3 Å². The quantitative estimate of drug-likeness (QED) is 0.205. The molecular weight excluding hydrogens is 613 g/mol. The highest BCUT2D eigenvalue weighted by Crippen LogP contribution is 2.40. The van der Waals surface area contributed by atoms with E-state index in [0.717, 1.165) is 17.7 Å². The first-order chi connectivity index (χ1) is 18.4. The Balaban J connectivity index is 0.00000441. The molecule has 1 unspecified atom stereocenters. The predicted molar refractivity (Wildman–Crippen MR) is 154 cm³/mol. The Kier molecular flexibility index (Phi) is 10.6. The van der Waals surface area contributed by atoms with Crippen molar-refractivity contribution in [2.75, 3.05) is 37.6 Å². The number of hydrogen-bond acceptors (Lipinski definition) is 10. The van der Waals surface area contributed by atoms with Gasteiger partial charge in [0.15, 0.2) is 5.82 Å². The van der Waals surface area contributed by atoms with Crippen molar-refractivity contribution < 1.29 is 34.5 Å². The van der Waals surface area contributed by atoms with Crippen LogP contribution < -0.4 is 24.1 Å². The maximum Gasteiger partial charge on any atom is 0.488 e. The minimum absolute atomic E-state index is 0. The van der Waals surface area contributed by atoms with Crippen LogP contribution in [0.1, 0.15) is 11.1 Å². The molecule has 0 aliphatic carbocycles. The molecule has 17 heteroatoms. The third-order valence-electron chi connectivity index (χ3n) is 5.39. The largest absolute Gasteiger partial charge is 0.488 e. The van der Waals surface area contributed by atoms with Gasteiger partial charge in [0.2, 0.25) is 5.95 Å². The molecule has 3 aromatic rings. The molecule has 1 aliphatic rings. The Morgan fingerprint density at radius 3 is 2.52 bits per heavy atom. The van der Waals surface area contributed by atoms with Crippen LogP contribution in [0.4, 0.5) is 35.8 Å². The summed E-state index contributed by atoms with van der Waals surface area (Å²) in [6.45, 7) is 2.00. The molecule has 0 radical (unpaired) electrons. The van der Waals surface area contributed by atoms with Gasteiger partial charge >= 0.3 is 17.1 Å². The number of fused-ring (bicyclic) bond motifs is 1. The number of nitrogens with zero attached hydrogens (tertiary/aromatic N) is 3. The SMILES string of the molecule is CN1CCc2cc(OC(F)F)c(Nc3ncc(Cl)c(Nc4ccc(OS(=O)(=O)F)cc4OP(C)C)n3)cc2C1.P. The zero-order chi connectivity index (χ0) is 28.3. The first-order valence-electron chi connectivity index (χ1n) is 11.4. The number of rotatable bonds is 10. The number of benzene rings is 2. The van der Waals surface area contributed by atoms with Crippen molar-refractivity contribution in [3.63, 3.8) is 0 Å². The molecule has 40 heavy (non-hydrogen) atoms. The van der Waals surface area contributed by atoms with Crippen LogP contribution >= 0.6 is 29.6 Å². The van der Waals surface area contributed by atoms with Gasteiger partial charge in [0.25, 0.3) is 0 Å². The molecule has 218 valence electrons. The number of ether oxygens (including phenoxy) is 1. The molecule has 1 atom stereocenters. The standard InChI is InChI=1S/C23H24ClF3N5O5PS.H3P/c1-32-7-6-13-9-19(35-22(25)26)18(8-14(13)12-32)30-23-28-11-16(24)21(31-23)29-17-5-4-15(37-39(27,33)34)10-20(17)36-38(2)3;/h4-5,8-11,22H,6-7,12H2,1-3H3,(H2,28,29,30,31);1H3. The van der Waals surface area contributed by atoms with Crippen LogP contribution in [0.15, 0.2) is 36.5 Å². The normalized spacial score (nSPS) is 13.4. The van der Waals surface area contributed by atoms with Crippen LogP contribution in [-0.4, -0.2) is 56.8 Å².